The van der Waals surface area contributed by atoms with Crippen LogP contribution >= 0.6 is 0 Å². The molecule has 2 aromatic carbocycles. The Kier molecular flexibility index (Phi) is 11.5. The van der Waals surface area contributed by atoms with Crippen molar-refractivity contribution >= 4 is 33.1 Å². The number of hydrogen-bond donors (Lipinski definition) is 3. The van der Waals surface area contributed by atoms with Crippen molar-refractivity contribution in [2.45, 2.75) is 95.3 Å². The van der Waals surface area contributed by atoms with E-state index in [1.54, 1.807) is 12.3 Å². The van der Waals surface area contributed by atoms with Crippen molar-refractivity contribution < 1.29 is 36.2 Å². The maximum atomic E-state index is 13.6. The minimum atomic E-state index is -4.37. The number of sulfonamides is 1. The number of alkyl halides is 3. The molecule has 1 fully saturated rings. The van der Waals surface area contributed by atoms with Crippen LogP contribution in [0.25, 0.3) is 22.4 Å². The van der Waals surface area contributed by atoms with E-state index >= 15 is 0 Å². The number of fused-ring (bicyclic) bond motifs is 1. The first-order valence-corrected chi connectivity index (χ1v) is 19.9. The Balaban J connectivity index is 1.34. The van der Waals surface area contributed by atoms with Crippen LogP contribution in [-0.4, -0.2) is 62.8 Å². The number of rotatable bonds is 11. The number of anilines is 1. The van der Waals surface area contributed by atoms with Crippen molar-refractivity contribution in [3.8, 4) is 17.1 Å². The van der Waals surface area contributed by atoms with Gasteiger partial charge in [0.15, 0.2) is 5.65 Å². The zero-order valence-corrected chi connectivity index (χ0v) is 32.9. The Bertz CT molecular complexity index is 2340. The highest BCUT2D eigenvalue weighted by Gasteiger charge is 2.35. The van der Waals surface area contributed by atoms with Gasteiger partial charge in [0.05, 0.1) is 34.1 Å². The maximum Gasteiger partial charge on any atom is 0.389 e. The molecule has 0 spiro atoms. The number of ether oxygens (including phenoxy) is 1. The highest BCUT2D eigenvalue weighted by atomic mass is 32.2. The van der Waals surface area contributed by atoms with Crippen LogP contribution in [-0.2, 0) is 22.5 Å². The third-order valence-corrected chi connectivity index (χ3v) is 11.5. The lowest BCUT2D eigenvalue weighted by molar-refractivity contribution is -0.138. The number of aryl methyl sites for hydroxylation is 3. The molecule has 12 nitrogen and oxygen atoms in total. The average molecular weight is 794 g/mol. The number of carbonyl (C=O) groups is 1. The predicted octanol–water partition coefficient (Wildman–Crippen LogP) is 8.06. The van der Waals surface area contributed by atoms with Gasteiger partial charge in [0.1, 0.15) is 12.1 Å². The van der Waals surface area contributed by atoms with E-state index in [-0.39, 0.29) is 46.8 Å². The number of halogens is 3. The van der Waals surface area contributed by atoms with E-state index in [1.165, 1.54) is 18.2 Å². The van der Waals surface area contributed by atoms with Crippen LogP contribution in [0.15, 0.2) is 65.7 Å². The predicted molar refractivity (Wildman–Crippen MR) is 206 cm³/mol. The molecular formula is C40H46F3N7O5S. The summed E-state index contributed by atoms with van der Waals surface area (Å²) in [7, 11) is -2.42. The van der Waals surface area contributed by atoms with Crippen LogP contribution in [0.4, 0.5) is 19.1 Å². The highest BCUT2D eigenvalue weighted by Crippen LogP contribution is 2.35. The summed E-state index contributed by atoms with van der Waals surface area (Å²) in [5.74, 6) is -2.05. The molecule has 6 rings (SSSR count). The Morgan fingerprint density at radius 2 is 1.73 bits per heavy atom. The molecule has 0 bridgehead atoms. The second-order valence-electron chi connectivity index (χ2n) is 15.4. The average Bonchev–Trinajstić information content (AvgIpc) is 3.32. The zero-order valence-electron chi connectivity index (χ0n) is 32.1. The van der Waals surface area contributed by atoms with Crippen molar-refractivity contribution in [3.05, 3.63) is 88.9 Å². The molecule has 1 aliphatic rings. The third kappa shape index (κ3) is 9.29. The number of nitrogens with zero attached hydrogens (tertiary/aromatic N) is 5. The molecule has 3 atom stereocenters. The Morgan fingerprint density at radius 3 is 2.41 bits per heavy atom. The molecule has 3 N–H and O–H groups in total. The lowest BCUT2D eigenvalue weighted by Crippen LogP contribution is -2.42. The van der Waals surface area contributed by atoms with Gasteiger partial charge in [-0.15, -0.1) is 0 Å². The van der Waals surface area contributed by atoms with E-state index in [2.05, 4.69) is 40.8 Å². The fourth-order valence-corrected chi connectivity index (χ4v) is 8.38. The summed E-state index contributed by atoms with van der Waals surface area (Å²) in [6.45, 7) is 10.0. The molecule has 4 heterocycles. The van der Waals surface area contributed by atoms with Gasteiger partial charge in [-0.3, -0.25) is 4.98 Å². The normalized spacial score (nSPS) is 18.1. The van der Waals surface area contributed by atoms with Crippen LogP contribution in [0.2, 0.25) is 0 Å². The number of carboxylic acids is 1. The van der Waals surface area contributed by atoms with Gasteiger partial charge in [-0.25, -0.2) is 27.9 Å². The van der Waals surface area contributed by atoms with Crippen LogP contribution in [0.5, 0.6) is 5.88 Å². The molecular weight excluding hydrogens is 748 g/mol. The summed E-state index contributed by atoms with van der Waals surface area (Å²) < 4.78 is 78.3. The second-order valence-corrected chi connectivity index (χ2v) is 17.1. The first kappa shape index (κ1) is 40.6. The number of aromatic nitrogens is 5. The molecule has 0 radical (unpaired) electrons. The van der Waals surface area contributed by atoms with Crippen molar-refractivity contribution in [2.75, 3.05) is 11.3 Å². The molecule has 1 saturated heterocycles. The van der Waals surface area contributed by atoms with Gasteiger partial charge in [-0.05, 0) is 74.4 Å². The maximum absolute atomic E-state index is 13.6. The largest absolute Gasteiger partial charge is 0.478 e. The summed E-state index contributed by atoms with van der Waals surface area (Å²) in [6.07, 6.45) is -1.92. The first-order chi connectivity index (χ1) is 26.3. The fourth-order valence-electron chi connectivity index (χ4n) is 7.40. The van der Waals surface area contributed by atoms with E-state index in [4.69, 9.17) is 14.7 Å². The number of aromatic carboxylic acids is 1. The van der Waals surface area contributed by atoms with Gasteiger partial charge in [0.2, 0.25) is 11.8 Å². The summed E-state index contributed by atoms with van der Waals surface area (Å²) in [6, 6.07) is 13.2. The summed E-state index contributed by atoms with van der Waals surface area (Å²) in [4.78, 5) is 29.8. The summed E-state index contributed by atoms with van der Waals surface area (Å²) in [5.41, 5.74) is 5.61. The van der Waals surface area contributed by atoms with Crippen molar-refractivity contribution in [1.29, 1.82) is 0 Å². The molecule has 16 heteroatoms. The van der Waals surface area contributed by atoms with Gasteiger partial charge >= 0.3 is 12.1 Å². The summed E-state index contributed by atoms with van der Waals surface area (Å²) >= 11 is 0. The van der Waals surface area contributed by atoms with Gasteiger partial charge < -0.3 is 19.7 Å². The molecule has 56 heavy (non-hydrogen) atoms. The topological polar surface area (TPSA) is 161 Å². The number of hydrogen-bond acceptors (Lipinski definition) is 9. The molecule has 3 aromatic heterocycles. The summed E-state index contributed by atoms with van der Waals surface area (Å²) in [5, 5.41) is 13.0. The number of carboxylic acid groups (broad SMARTS) is 1. The van der Waals surface area contributed by atoms with Crippen molar-refractivity contribution in [1.82, 2.24) is 29.8 Å². The second kappa shape index (κ2) is 15.8. The monoisotopic (exact) mass is 793 g/mol. The fraction of sp³-hybridized carbons (Fsp3) is 0.425. The highest BCUT2D eigenvalue weighted by molar-refractivity contribution is 7.92. The van der Waals surface area contributed by atoms with Gasteiger partial charge in [0, 0.05) is 42.2 Å². The zero-order chi connectivity index (χ0) is 40.6. The van der Waals surface area contributed by atoms with Crippen LogP contribution in [0.3, 0.4) is 0 Å². The van der Waals surface area contributed by atoms with Crippen molar-refractivity contribution in [3.63, 3.8) is 0 Å². The number of benzene rings is 2. The van der Waals surface area contributed by atoms with Crippen LogP contribution in [0.1, 0.15) is 91.8 Å². The standard InChI is InChI=1S/C40H46F3N7O5S/c1-23-10-7-11-24(2)35(23)29-20-34(48-38(47-29)49-56(53,54)27-14-8-13-26(18-27)37(51)52)55-22-32-25(16-17-40(41,42)43)12-9-15-28(45-32)31-21-44-30-19-33(39(3,4)5)50(6)36(30)46-31/h7-8,10-11,13-14,18-21,25,28,32,45H,9,12,15-17,22H2,1-6H3,(H,51,52)(H,47,48,49)/t25-,28-,32-/m0/s1. The Labute approximate surface area is 324 Å². The van der Waals surface area contributed by atoms with Crippen molar-refractivity contribution in [2.24, 2.45) is 13.0 Å². The van der Waals surface area contributed by atoms with Gasteiger partial charge in [-0.2, -0.15) is 18.2 Å². The number of nitrogens with one attached hydrogen (secondary N) is 2. The van der Waals surface area contributed by atoms with Crippen LogP contribution < -0.4 is 14.8 Å². The lowest BCUT2D eigenvalue weighted by atomic mass is 9.91. The molecule has 0 aliphatic carbocycles. The Hall–Kier alpha value is -5.09. The van der Waals surface area contributed by atoms with Gasteiger partial charge in [0.25, 0.3) is 10.0 Å². The third-order valence-electron chi connectivity index (χ3n) is 10.2. The minimum absolute atomic E-state index is 0.00783. The van der Waals surface area contributed by atoms with E-state index in [9.17, 15) is 31.5 Å². The molecule has 0 amide bonds. The molecule has 0 unspecified atom stereocenters. The van der Waals surface area contributed by atoms with E-state index in [0.29, 0.717) is 41.9 Å². The van der Waals surface area contributed by atoms with Gasteiger partial charge in [-0.1, -0.05) is 51.5 Å². The molecule has 1 aliphatic heterocycles. The smallest absolute Gasteiger partial charge is 0.389 e. The van der Waals surface area contributed by atoms with Crippen LogP contribution in [0, 0.1) is 19.8 Å². The van der Waals surface area contributed by atoms with E-state index in [1.807, 2.05) is 49.7 Å². The first-order valence-electron chi connectivity index (χ1n) is 18.4. The Morgan fingerprint density at radius 1 is 1.02 bits per heavy atom. The molecule has 298 valence electrons. The van der Waals surface area contributed by atoms with E-state index in [0.717, 1.165) is 28.4 Å². The SMILES string of the molecule is Cc1cccc(C)c1-c1cc(OC[C@@H]2N[C@H](c3cnc4cc(C(C)(C)C)n(C)c4n3)CCC[C@H]2CCC(F)(F)F)nc(NS(=O)(=O)c2cccc(C(=O)O)c2)n1. The molecule has 0 saturated carbocycles. The lowest BCUT2D eigenvalue weighted by Gasteiger charge is -2.28. The quantitative estimate of drug-likeness (QED) is 0.119. The minimum Gasteiger partial charge on any atom is -0.478 e. The van der Waals surface area contributed by atoms with E-state index < -0.39 is 40.5 Å². The molecule has 5 aromatic rings.